The molecule has 1 heterocycles. The molecule has 0 saturated carbocycles. The quantitative estimate of drug-likeness (QED) is 0.654. The average molecular weight is 269 g/mol. The highest BCUT2D eigenvalue weighted by atomic mass is 16.3. The first-order valence-corrected chi connectivity index (χ1v) is 5.86. The highest BCUT2D eigenvalue weighted by Gasteiger charge is 2.06. The molecule has 0 saturated heterocycles. The summed E-state index contributed by atoms with van der Waals surface area (Å²) in [5.74, 6) is 5.43. The zero-order chi connectivity index (χ0) is 14.5. The minimum absolute atomic E-state index is 0.0270. The Morgan fingerprint density at radius 2 is 2.25 bits per heavy atom. The third-order valence-corrected chi connectivity index (χ3v) is 2.58. The van der Waals surface area contributed by atoms with Crippen molar-refractivity contribution in [3.05, 3.63) is 45.8 Å². The molecule has 5 heteroatoms. The maximum Gasteiger partial charge on any atom is 0.217 e. The van der Waals surface area contributed by atoms with Gasteiger partial charge in [-0.2, -0.15) is 0 Å². The van der Waals surface area contributed by atoms with Crippen molar-refractivity contribution in [2.45, 2.75) is 6.92 Å². The van der Waals surface area contributed by atoms with Crippen LogP contribution < -0.4 is 10.7 Å². The van der Waals surface area contributed by atoms with Gasteiger partial charge in [0.2, 0.25) is 11.3 Å². The molecular formula is C15H11NO4. The van der Waals surface area contributed by atoms with E-state index in [9.17, 15) is 14.4 Å². The lowest BCUT2D eigenvalue weighted by Crippen LogP contribution is -2.19. The van der Waals surface area contributed by atoms with Gasteiger partial charge in [0.25, 0.3) is 0 Å². The Morgan fingerprint density at radius 3 is 2.95 bits per heavy atom. The smallest absolute Gasteiger partial charge is 0.217 e. The van der Waals surface area contributed by atoms with Crippen molar-refractivity contribution < 1.29 is 14.0 Å². The Kier molecular flexibility index (Phi) is 3.96. The normalized spacial score (nSPS) is 9.65. The fourth-order valence-electron chi connectivity index (χ4n) is 1.62. The van der Waals surface area contributed by atoms with Gasteiger partial charge in [-0.05, 0) is 18.2 Å². The number of benzene rings is 1. The molecule has 1 N–H and O–H groups in total. The number of hydrogen-bond acceptors (Lipinski definition) is 4. The molecule has 100 valence electrons. The van der Waals surface area contributed by atoms with Crippen LogP contribution in [0.15, 0.2) is 33.7 Å². The maximum atomic E-state index is 11.9. The Bertz CT molecular complexity index is 793. The van der Waals surface area contributed by atoms with Crippen LogP contribution in [-0.4, -0.2) is 18.7 Å². The van der Waals surface area contributed by atoms with E-state index in [2.05, 4.69) is 17.2 Å². The van der Waals surface area contributed by atoms with Crippen LogP contribution in [-0.2, 0) is 4.79 Å². The van der Waals surface area contributed by atoms with Crippen molar-refractivity contribution in [1.82, 2.24) is 5.32 Å². The van der Waals surface area contributed by atoms with Gasteiger partial charge >= 0.3 is 0 Å². The molecule has 1 amide bonds. The van der Waals surface area contributed by atoms with Crippen LogP contribution in [0, 0.1) is 11.8 Å². The van der Waals surface area contributed by atoms with Crippen molar-refractivity contribution in [3.63, 3.8) is 0 Å². The van der Waals surface area contributed by atoms with Gasteiger partial charge in [-0.1, -0.05) is 11.8 Å². The first kappa shape index (κ1) is 13.6. The minimum atomic E-state index is -0.383. The predicted octanol–water partition coefficient (Wildman–Crippen LogP) is 1.09. The van der Waals surface area contributed by atoms with Crippen LogP contribution in [0.1, 0.15) is 22.8 Å². The standard InChI is InChI=1S/C15H11NO4/c1-10(18)16-6-2-3-11-4-5-14-13(7-11)15(19)12(8-17)9-20-14/h4-5,7-9H,6H2,1H3,(H,16,18). The number of nitrogens with one attached hydrogen (secondary N) is 1. The molecule has 0 aliphatic heterocycles. The van der Waals surface area contributed by atoms with Crippen LogP contribution in [0.5, 0.6) is 0 Å². The highest BCUT2D eigenvalue weighted by molar-refractivity contribution is 5.84. The second-order valence-corrected chi connectivity index (χ2v) is 4.06. The molecule has 1 aromatic heterocycles. The van der Waals surface area contributed by atoms with E-state index in [-0.39, 0.29) is 23.4 Å². The number of amides is 1. The summed E-state index contributed by atoms with van der Waals surface area (Å²) in [6, 6.07) is 4.88. The van der Waals surface area contributed by atoms with Crippen LogP contribution >= 0.6 is 0 Å². The lowest BCUT2D eigenvalue weighted by molar-refractivity contribution is -0.118. The summed E-state index contributed by atoms with van der Waals surface area (Å²) in [7, 11) is 0. The van der Waals surface area contributed by atoms with Gasteiger partial charge in [-0.25, -0.2) is 0 Å². The van der Waals surface area contributed by atoms with Crippen molar-refractivity contribution in [1.29, 1.82) is 0 Å². The van der Waals surface area contributed by atoms with E-state index in [0.717, 1.165) is 6.26 Å². The highest BCUT2D eigenvalue weighted by Crippen LogP contribution is 2.12. The minimum Gasteiger partial charge on any atom is -0.463 e. The third-order valence-electron chi connectivity index (χ3n) is 2.58. The molecule has 2 aromatic rings. The van der Waals surface area contributed by atoms with E-state index < -0.39 is 0 Å². The summed E-state index contributed by atoms with van der Waals surface area (Å²) in [6.07, 6.45) is 1.60. The summed E-state index contributed by atoms with van der Waals surface area (Å²) in [4.78, 5) is 33.3. The fourth-order valence-corrected chi connectivity index (χ4v) is 1.62. The molecular weight excluding hydrogens is 258 g/mol. The molecule has 0 aliphatic rings. The Balaban J connectivity index is 2.37. The molecule has 0 unspecified atom stereocenters. The van der Waals surface area contributed by atoms with E-state index in [1.807, 2.05) is 0 Å². The monoisotopic (exact) mass is 269 g/mol. The van der Waals surface area contributed by atoms with Gasteiger partial charge in [0.05, 0.1) is 17.5 Å². The van der Waals surface area contributed by atoms with Crippen LogP contribution in [0.3, 0.4) is 0 Å². The molecule has 0 radical (unpaired) electrons. The number of aldehydes is 1. The topological polar surface area (TPSA) is 76.4 Å². The Labute approximate surface area is 114 Å². The van der Waals surface area contributed by atoms with Crippen molar-refractivity contribution >= 4 is 23.2 Å². The third kappa shape index (κ3) is 2.93. The molecule has 0 fully saturated rings. The van der Waals surface area contributed by atoms with E-state index in [1.54, 1.807) is 18.2 Å². The van der Waals surface area contributed by atoms with Gasteiger partial charge in [0, 0.05) is 12.5 Å². The Morgan fingerprint density at radius 1 is 1.45 bits per heavy atom. The zero-order valence-electron chi connectivity index (χ0n) is 10.7. The summed E-state index contributed by atoms with van der Waals surface area (Å²) >= 11 is 0. The largest absolute Gasteiger partial charge is 0.463 e. The fraction of sp³-hybridized carbons (Fsp3) is 0.133. The summed E-state index contributed by atoms with van der Waals surface area (Å²) < 4.78 is 5.19. The van der Waals surface area contributed by atoms with Crippen LogP contribution in [0.25, 0.3) is 11.0 Å². The predicted molar refractivity (Wildman–Crippen MR) is 73.4 cm³/mol. The van der Waals surface area contributed by atoms with Crippen LogP contribution in [0.4, 0.5) is 0 Å². The maximum absolute atomic E-state index is 11.9. The SMILES string of the molecule is CC(=O)NCC#Cc1ccc2occ(C=O)c(=O)c2c1. The van der Waals surface area contributed by atoms with Gasteiger partial charge in [-0.15, -0.1) is 0 Å². The Hall–Kier alpha value is -2.87. The molecule has 0 aliphatic carbocycles. The van der Waals surface area contributed by atoms with E-state index in [0.29, 0.717) is 22.8 Å². The molecule has 5 nitrogen and oxygen atoms in total. The number of fused-ring (bicyclic) bond motifs is 1. The molecule has 2 rings (SSSR count). The van der Waals surface area contributed by atoms with Crippen LogP contribution in [0.2, 0.25) is 0 Å². The van der Waals surface area contributed by atoms with Crippen molar-refractivity contribution in [2.24, 2.45) is 0 Å². The van der Waals surface area contributed by atoms with E-state index >= 15 is 0 Å². The first-order chi connectivity index (χ1) is 9.61. The first-order valence-electron chi connectivity index (χ1n) is 5.86. The molecule has 20 heavy (non-hydrogen) atoms. The van der Waals surface area contributed by atoms with Gasteiger partial charge < -0.3 is 9.73 Å². The molecule has 0 spiro atoms. The second-order valence-electron chi connectivity index (χ2n) is 4.06. The number of carbonyl (C=O) groups is 2. The number of carbonyl (C=O) groups excluding carboxylic acids is 2. The zero-order valence-corrected chi connectivity index (χ0v) is 10.7. The molecule has 0 atom stereocenters. The number of hydrogen-bond donors (Lipinski definition) is 1. The second kappa shape index (κ2) is 5.85. The van der Waals surface area contributed by atoms with Crippen molar-refractivity contribution in [3.8, 4) is 11.8 Å². The molecule has 1 aromatic carbocycles. The van der Waals surface area contributed by atoms with E-state index in [1.165, 1.54) is 6.92 Å². The lowest BCUT2D eigenvalue weighted by atomic mass is 10.1. The summed E-state index contributed by atoms with van der Waals surface area (Å²) in [5, 5.41) is 2.85. The van der Waals surface area contributed by atoms with Gasteiger partial charge in [-0.3, -0.25) is 14.4 Å². The van der Waals surface area contributed by atoms with Crippen molar-refractivity contribution in [2.75, 3.05) is 6.54 Å². The average Bonchev–Trinajstić information content (AvgIpc) is 2.44. The molecule has 0 bridgehead atoms. The lowest BCUT2D eigenvalue weighted by Gasteiger charge is -1.98. The van der Waals surface area contributed by atoms with E-state index in [4.69, 9.17) is 4.42 Å². The van der Waals surface area contributed by atoms with Gasteiger partial charge in [0.15, 0.2) is 6.29 Å². The summed E-state index contributed by atoms with van der Waals surface area (Å²) in [6.45, 7) is 1.64. The van der Waals surface area contributed by atoms with Gasteiger partial charge in [0.1, 0.15) is 11.8 Å². The number of rotatable bonds is 2. The summed E-state index contributed by atoms with van der Waals surface area (Å²) in [5.41, 5.74) is 0.596.